The standard InChI is InChI=1S/C34H26BrF2N5O4S/c1-45-13-12-38-17-20-2-8-27(40-18-20)31-16-28-32(47-31)30(10-11-39-28)46-29-9-5-23(15-26(29)37)41-33(43)25-14-21(35)19-42(34(25)44)24-6-3-22(36)4-7-24/h2-11,14-16,18-19,38H,12-13,17H2,1H3,(H,41,43). The highest BCUT2D eigenvalue weighted by atomic mass is 79.9. The molecule has 0 aliphatic heterocycles. The number of carbonyl (C=O) groups is 1. The van der Waals surface area contributed by atoms with Gasteiger partial charge in [0.2, 0.25) is 0 Å². The summed E-state index contributed by atoms with van der Waals surface area (Å²) in [5.74, 6) is -1.57. The number of nitrogens with one attached hydrogen (secondary N) is 2. The number of rotatable bonds is 11. The van der Waals surface area contributed by atoms with Crippen molar-refractivity contribution in [3.63, 3.8) is 0 Å². The molecule has 6 rings (SSSR count). The predicted octanol–water partition coefficient (Wildman–Crippen LogP) is 7.33. The quantitative estimate of drug-likeness (QED) is 0.135. The Morgan fingerprint density at radius 1 is 1.00 bits per heavy atom. The smallest absolute Gasteiger partial charge is 0.268 e. The van der Waals surface area contributed by atoms with Crippen LogP contribution in [0.4, 0.5) is 14.5 Å². The summed E-state index contributed by atoms with van der Waals surface area (Å²) < 4.78 is 42.1. The van der Waals surface area contributed by atoms with Gasteiger partial charge in [0.05, 0.1) is 27.4 Å². The van der Waals surface area contributed by atoms with Crippen LogP contribution in [0.25, 0.3) is 26.5 Å². The highest BCUT2D eigenvalue weighted by molar-refractivity contribution is 9.10. The van der Waals surface area contributed by atoms with Gasteiger partial charge in [0.15, 0.2) is 11.6 Å². The third-order valence-corrected chi connectivity index (χ3v) is 8.60. The third-order valence-electron chi connectivity index (χ3n) is 7.01. The Bertz CT molecular complexity index is 2120. The number of anilines is 1. The van der Waals surface area contributed by atoms with Crippen LogP contribution in [-0.2, 0) is 11.3 Å². The zero-order chi connectivity index (χ0) is 32.9. The number of ether oxygens (including phenoxy) is 2. The first-order valence-electron chi connectivity index (χ1n) is 14.3. The molecule has 0 saturated heterocycles. The van der Waals surface area contributed by atoms with Gasteiger partial charge >= 0.3 is 0 Å². The molecular weight excluding hydrogens is 692 g/mol. The molecule has 0 radical (unpaired) electrons. The van der Waals surface area contributed by atoms with Crippen LogP contribution in [0, 0.1) is 11.6 Å². The van der Waals surface area contributed by atoms with Crippen LogP contribution in [0.5, 0.6) is 11.5 Å². The molecule has 0 atom stereocenters. The van der Waals surface area contributed by atoms with Gasteiger partial charge in [-0.1, -0.05) is 6.07 Å². The molecule has 0 saturated carbocycles. The van der Waals surface area contributed by atoms with Crippen molar-refractivity contribution in [2.75, 3.05) is 25.6 Å². The Labute approximate surface area is 280 Å². The minimum atomic E-state index is -0.744. The first-order chi connectivity index (χ1) is 22.8. The lowest BCUT2D eigenvalue weighted by Gasteiger charge is -2.12. The average molecular weight is 719 g/mol. The fraction of sp³-hybridized carbons (Fsp3) is 0.118. The summed E-state index contributed by atoms with van der Waals surface area (Å²) in [5.41, 5.74) is 2.17. The van der Waals surface area contributed by atoms with E-state index < -0.39 is 23.1 Å². The van der Waals surface area contributed by atoms with E-state index in [1.165, 1.54) is 64.6 Å². The molecule has 2 aromatic carbocycles. The number of methoxy groups -OCH3 is 1. The predicted molar refractivity (Wildman–Crippen MR) is 181 cm³/mol. The Balaban J connectivity index is 1.17. The van der Waals surface area contributed by atoms with Crippen LogP contribution < -0.4 is 20.9 Å². The maximum Gasteiger partial charge on any atom is 0.268 e. The number of pyridine rings is 3. The van der Waals surface area contributed by atoms with Crippen molar-refractivity contribution in [1.29, 1.82) is 0 Å². The second kappa shape index (κ2) is 14.3. The van der Waals surface area contributed by atoms with Gasteiger partial charge in [-0.15, -0.1) is 11.3 Å². The van der Waals surface area contributed by atoms with E-state index in [1.807, 2.05) is 24.4 Å². The van der Waals surface area contributed by atoms with Gasteiger partial charge in [-0.2, -0.15) is 0 Å². The van der Waals surface area contributed by atoms with Crippen LogP contribution in [0.15, 0.2) is 101 Å². The molecule has 238 valence electrons. The van der Waals surface area contributed by atoms with Crippen molar-refractivity contribution in [2.24, 2.45) is 0 Å². The van der Waals surface area contributed by atoms with Crippen molar-refractivity contribution < 1.29 is 23.0 Å². The molecule has 2 N–H and O–H groups in total. The number of carbonyl (C=O) groups excluding carboxylic acids is 1. The number of thiophene rings is 1. The van der Waals surface area contributed by atoms with Crippen LogP contribution in [-0.4, -0.2) is 40.7 Å². The molecule has 0 fully saturated rings. The number of amides is 1. The van der Waals surface area contributed by atoms with Crippen LogP contribution >= 0.6 is 27.3 Å². The normalized spacial score (nSPS) is 11.1. The number of hydrogen-bond donors (Lipinski definition) is 2. The third kappa shape index (κ3) is 7.44. The van der Waals surface area contributed by atoms with Crippen molar-refractivity contribution in [1.82, 2.24) is 19.9 Å². The number of halogens is 3. The fourth-order valence-corrected chi connectivity index (χ4v) is 6.16. The van der Waals surface area contributed by atoms with E-state index in [9.17, 15) is 14.0 Å². The molecule has 0 unspecified atom stereocenters. The molecule has 0 bridgehead atoms. The van der Waals surface area contributed by atoms with E-state index in [2.05, 4.69) is 36.5 Å². The van der Waals surface area contributed by atoms with Gasteiger partial charge in [-0.25, -0.2) is 8.78 Å². The molecule has 6 aromatic rings. The van der Waals surface area contributed by atoms with Crippen molar-refractivity contribution >= 4 is 49.1 Å². The summed E-state index contributed by atoms with van der Waals surface area (Å²) in [7, 11) is 1.66. The molecule has 4 heterocycles. The van der Waals surface area contributed by atoms with E-state index in [1.54, 1.807) is 19.4 Å². The number of fused-ring (bicyclic) bond motifs is 1. The Morgan fingerprint density at radius 3 is 2.57 bits per heavy atom. The maximum atomic E-state index is 15.3. The van der Waals surface area contributed by atoms with Crippen LogP contribution in [0.3, 0.4) is 0 Å². The summed E-state index contributed by atoms with van der Waals surface area (Å²) >= 11 is 4.74. The average Bonchev–Trinajstić information content (AvgIpc) is 3.51. The maximum absolute atomic E-state index is 15.3. The summed E-state index contributed by atoms with van der Waals surface area (Å²) in [6, 6.07) is 18.1. The highest BCUT2D eigenvalue weighted by Gasteiger charge is 2.18. The lowest BCUT2D eigenvalue weighted by molar-refractivity contribution is 0.102. The molecule has 47 heavy (non-hydrogen) atoms. The summed E-state index contributed by atoms with van der Waals surface area (Å²) in [6.07, 6.45) is 4.87. The topological polar surface area (TPSA) is 107 Å². The van der Waals surface area contributed by atoms with Crippen LogP contribution in [0.2, 0.25) is 0 Å². The minimum absolute atomic E-state index is 0.0602. The van der Waals surface area contributed by atoms with Gasteiger partial charge in [0, 0.05) is 66.8 Å². The first-order valence-corrected chi connectivity index (χ1v) is 15.9. The SMILES string of the molecule is COCCNCc1ccc(-c2cc3nccc(Oc4ccc(NC(=O)c5cc(Br)cn(-c6ccc(F)cc6)c5=O)cc4F)c3s2)nc1. The van der Waals surface area contributed by atoms with E-state index in [-0.39, 0.29) is 17.0 Å². The Hall–Kier alpha value is -4.82. The second-order valence-corrected chi connectivity index (χ2v) is 12.2. The van der Waals surface area contributed by atoms with E-state index in [0.29, 0.717) is 34.6 Å². The number of aromatic nitrogens is 3. The number of benzene rings is 2. The molecule has 0 aliphatic carbocycles. The number of hydrogen-bond acceptors (Lipinski definition) is 8. The monoisotopic (exact) mass is 717 g/mol. The second-order valence-electron chi connectivity index (χ2n) is 10.3. The first kappa shape index (κ1) is 32.1. The lowest BCUT2D eigenvalue weighted by atomic mass is 10.2. The molecule has 1 amide bonds. The van der Waals surface area contributed by atoms with Gasteiger partial charge in [-0.05, 0) is 76.1 Å². The van der Waals surface area contributed by atoms with Crippen molar-refractivity contribution in [2.45, 2.75) is 6.54 Å². The molecular formula is C34H26BrF2N5O4S. The van der Waals surface area contributed by atoms with E-state index >= 15 is 4.39 Å². The zero-order valence-corrected chi connectivity index (χ0v) is 27.2. The molecule has 0 spiro atoms. The van der Waals surface area contributed by atoms with E-state index in [4.69, 9.17) is 9.47 Å². The van der Waals surface area contributed by atoms with Crippen molar-refractivity contribution in [3.8, 4) is 27.8 Å². The van der Waals surface area contributed by atoms with Gasteiger partial charge < -0.3 is 20.1 Å². The highest BCUT2D eigenvalue weighted by Crippen LogP contribution is 2.39. The summed E-state index contributed by atoms with van der Waals surface area (Å²) in [4.78, 5) is 36.1. The van der Waals surface area contributed by atoms with Gasteiger partial charge in [0.1, 0.15) is 17.1 Å². The zero-order valence-electron chi connectivity index (χ0n) is 24.8. The summed E-state index contributed by atoms with van der Waals surface area (Å²) in [5, 5.41) is 5.85. The largest absolute Gasteiger partial charge is 0.453 e. The molecule has 13 heteroatoms. The Kier molecular flexibility index (Phi) is 9.78. The lowest BCUT2D eigenvalue weighted by Crippen LogP contribution is -2.28. The Morgan fingerprint density at radius 2 is 1.83 bits per heavy atom. The van der Waals surface area contributed by atoms with Gasteiger partial charge in [-0.3, -0.25) is 24.1 Å². The fourth-order valence-electron chi connectivity index (χ4n) is 4.69. The van der Waals surface area contributed by atoms with E-state index in [0.717, 1.165) is 33.4 Å². The van der Waals surface area contributed by atoms with Crippen molar-refractivity contribution in [3.05, 3.63) is 129 Å². The van der Waals surface area contributed by atoms with Crippen LogP contribution in [0.1, 0.15) is 15.9 Å². The molecule has 4 aromatic heterocycles. The van der Waals surface area contributed by atoms with Gasteiger partial charge in [0.25, 0.3) is 11.5 Å². The minimum Gasteiger partial charge on any atom is -0.453 e. The summed E-state index contributed by atoms with van der Waals surface area (Å²) in [6.45, 7) is 2.05. The molecule has 9 nitrogen and oxygen atoms in total. The molecule has 0 aliphatic rings. The number of nitrogens with zero attached hydrogens (tertiary/aromatic N) is 3.